The van der Waals surface area contributed by atoms with Gasteiger partial charge in [0, 0.05) is 11.0 Å². The molecular weight excluding hydrogens is 207 g/mol. The van der Waals surface area contributed by atoms with Gasteiger partial charge in [0.05, 0.1) is 0 Å². The minimum Gasteiger partial charge on any atom is -0.434 e. The highest BCUT2D eigenvalue weighted by atomic mass is 127. The molecule has 7 heavy (non-hydrogen) atoms. The second-order valence-electron chi connectivity index (χ2n) is 0.872. The van der Waals surface area contributed by atoms with Crippen LogP contribution >= 0.6 is 22.6 Å². The Morgan fingerprint density at radius 3 is 2.57 bits per heavy atom. The van der Waals surface area contributed by atoms with Crippen molar-refractivity contribution < 1.29 is 9.53 Å². The molecule has 0 rings (SSSR count). The van der Waals surface area contributed by atoms with Gasteiger partial charge in [0.1, 0.15) is 6.26 Å². The van der Waals surface area contributed by atoms with E-state index in [1.165, 1.54) is 13.2 Å². The van der Waals surface area contributed by atoms with Crippen molar-refractivity contribution in [2.75, 3.05) is 0 Å². The van der Waals surface area contributed by atoms with Crippen LogP contribution in [0.4, 0.5) is 0 Å². The van der Waals surface area contributed by atoms with Gasteiger partial charge in [0.2, 0.25) is 0 Å². The number of carbonyl (C=O) groups is 1. The van der Waals surface area contributed by atoms with Gasteiger partial charge in [-0.1, -0.05) is 0 Å². The molecule has 3 heteroatoms. The number of ether oxygens (including phenoxy) is 1. The maximum absolute atomic E-state index is 9.93. The summed E-state index contributed by atoms with van der Waals surface area (Å²) >= 11 is 1.96. The van der Waals surface area contributed by atoms with Gasteiger partial charge in [-0.3, -0.25) is 4.79 Å². The van der Waals surface area contributed by atoms with Crippen LogP contribution in [0.3, 0.4) is 0 Å². The van der Waals surface area contributed by atoms with E-state index in [0.29, 0.717) is 0 Å². The molecule has 0 aromatic heterocycles. The summed E-state index contributed by atoms with van der Waals surface area (Å²) in [6.07, 6.45) is 1.34. The maximum atomic E-state index is 9.93. The molecule has 40 valence electrons. The SMILES string of the molecule is CC(=O)OC=CI. The van der Waals surface area contributed by atoms with Crippen LogP contribution < -0.4 is 0 Å². The van der Waals surface area contributed by atoms with Gasteiger partial charge < -0.3 is 4.74 Å². The van der Waals surface area contributed by atoms with Crippen molar-refractivity contribution in [2.24, 2.45) is 0 Å². The molecule has 0 aromatic rings. The van der Waals surface area contributed by atoms with Gasteiger partial charge in [-0.05, 0) is 22.6 Å². The Morgan fingerprint density at radius 2 is 2.43 bits per heavy atom. The highest BCUT2D eigenvalue weighted by Crippen LogP contribution is 1.84. The quantitative estimate of drug-likeness (QED) is 0.373. The van der Waals surface area contributed by atoms with Crippen molar-refractivity contribution in [3.63, 3.8) is 0 Å². The lowest BCUT2D eigenvalue weighted by Crippen LogP contribution is -1.88. The molecule has 0 aliphatic rings. The van der Waals surface area contributed by atoms with Crippen LogP contribution in [-0.2, 0) is 9.53 Å². The highest BCUT2D eigenvalue weighted by molar-refractivity contribution is 14.1. The topological polar surface area (TPSA) is 26.3 Å². The smallest absolute Gasteiger partial charge is 0.307 e. The summed E-state index contributed by atoms with van der Waals surface area (Å²) in [5.74, 6) is -0.284. The van der Waals surface area contributed by atoms with Gasteiger partial charge >= 0.3 is 5.97 Å². The predicted molar refractivity (Wildman–Crippen MR) is 34.9 cm³/mol. The van der Waals surface area contributed by atoms with Gasteiger partial charge in [-0.2, -0.15) is 0 Å². The third-order valence-electron chi connectivity index (χ3n) is 0.285. The minimum atomic E-state index is -0.284. The fraction of sp³-hybridized carbons (Fsp3) is 0.250. The van der Waals surface area contributed by atoms with Crippen LogP contribution in [0.1, 0.15) is 6.92 Å². The van der Waals surface area contributed by atoms with Crippen molar-refractivity contribution in [3.8, 4) is 0 Å². The van der Waals surface area contributed by atoms with Crippen molar-refractivity contribution in [3.05, 3.63) is 10.3 Å². The van der Waals surface area contributed by atoms with Crippen LogP contribution in [-0.4, -0.2) is 5.97 Å². The molecule has 0 aliphatic heterocycles. The number of rotatable bonds is 1. The summed E-state index contributed by atoms with van der Waals surface area (Å²) in [5, 5.41) is 0. The molecule has 0 heterocycles. The van der Waals surface area contributed by atoms with E-state index in [4.69, 9.17) is 0 Å². The van der Waals surface area contributed by atoms with Crippen LogP contribution in [0.15, 0.2) is 10.3 Å². The first-order valence-corrected chi connectivity index (χ1v) is 2.94. The molecule has 0 aliphatic carbocycles. The second kappa shape index (κ2) is 4.11. The van der Waals surface area contributed by atoms with Gasteiger partial charge in [0.25, 0.3) is 0 Å². The standard InChI is InChI=1S/C4H5IO2/c1-4(6)7-3-2-5/h2-3H,1H3. The zero-order chi connectivity index (χ0) is 5.70. The summed E-state index contributed by atoms with van der Waals surface area (Å²) in [7, 11) is 0. The molecule has 0 saturated heterocycles. The molecule has 0 aromatic carbocycles. The Balaban J connectivity index is 3.14. The monoisotopic (exact) mass is 212 g/mol. The Hall–Kier alpha value is -0.0600. The van der Waals surface area contributed by atoms with Gasteiger partial charge in [-0.25, -0.2) is 0 Å². The Bertz CT molecular complexity index is 87.7. The van der Waals surface area contributed by atoms with Crippen molar-refractivity contribution in [2.45, 2.75) is 6.92 Å². The van der Waals surface area contributed by atoms with E-state index in [9.17, 15) is 4.79 Å². The number of hydrogen-bond donors (Lipinski definition) is 0. The van der Waals surface area contributed by atoms with Crippen LogP contribution in [0.25, 0.3) is 0 Å². The lowest BCUT2D eigenvalue weighted by atomic mass is 10.8. The first-order valence-electron chi connectivity index (χ1n) is 1.70. The Kier molecular flexibility index (Phi) is 4.07. The minimum absolute atomic E-state index is 0.284. The normalized spacial score (nSPS) is 9.43. The average molecular weight is 212 g/mol. The largest absolute Gasteiger partial charge is 0.434 e. The number of carbonyl (C=O) groups excluding carboxylic acids is 1. The molecule has 0 N–H and O–H groups in total. The van der Waals surface area contributed by atoms with Crippen LogP contribution in [0.2, 0.25) is 0 Å². The number of esters is 1. The fourth-order valence-corrected chi connectivity index (χ4v) is 0.268. The molecular formula is C4H5IO2. The van der Waals surface area contributed by atoms with E-state index < -0.39 is 0 Å². The van der Waals surface area contributed by atoms with E-state index in [1.807, 2.05) is 22.6 Å². The lowest BCUT2D eigenvalue weighted by Gasteiger charge is -1.84. The third-order valence-corrected chi connectivity index (χ3v) is 0.579. The molecule has 0 atom stereocenters. The molecule has 0 radical (unpaired) electrons. The van der Waals surface area contributed by atoms with Crippen molar-refractivity contribution in [1.29, 1.82) is 0 Å². The summed E-state index contributed by atoms with van der Waals surface area (Å²) in [6.45, 7) is 1.36. The molecule has 0 spiro atoms. The second-order valence-corrected chi connectivity index (χ2v) is 1.59. The molecule has 0 saturated carbocycles. The Labute approximate surface area is 55.7 Å². The van der Waals surface area contributed by atoms with Crippen molar-refractivity contribution >= 4 is 28.6 Å². The zero-order valence-corrected chi connectivity index (χ0v) is 6.01. The predicted octanol–water partition coefficient (Wildman–Crippen LogP) is 1.46. The van der Waals surface area contributed by atoms with Crippen LogP contribution in [0, 0.1) is 0 Å². The lowest BCUT2D eigenvalue weighted by molar-refractivity contribution is -0.135. The van der Waals surface area contributed by atoms with Crippen molar-refractivity contribution in [1.82, 2.24) is 0 Å². The fourth-order valence-electron chi connectivity index (χ4n) is 0.122. The molecule has 0 unspecified atom stereocenters. The Morgan fingerprint density at radius 1 is 1.86 bits per heavy atom. The summed E-state index contributed by atoms with van der Waals surface area (Å²) in [6, 6.07) is 0. The first kappa shape index (κ1) is 6.94. The van der Waals surface area contributed by atoms with Gasteiger partial charge in [0.15, 0.2) is 0 Å². The number of halogens is 1. The van der Waals surface area contributed by atoms with Gasteiger partial charge in [-0.15, -0.1) is 0 Å². The molecule has 0 amide bonds. The van der Waals surface area contributed by atoms with E-state index in [0.717, 1.165) is 0 Å². The maximum Gasteiger partial charge on any atom is 0.307 e. The van der Waals surface area contributed by atoms with E-state index in [-0.39, 0.29) is 5.97 Å². The van der Waals surface area contributed by atoms with E-state index in [2.05, 4.69) is 4.74 Å². The van der Waals surface area contributed by atoms with E-state index >= 15 is 0 Å². The molecule has 0 bridgehead atoms. The molecule has 2 nitrogen and oxygen atoms in total. The first-order chi connectivity index (χ1) is 3.27. The number of hydrogen-bond acceptors (Lipinski definition) is 2. The summed E-state index contributed by atoms with van der Waals surface area (Å²) < 4.78 is 5.99. The molecule has 0 fully saturated rings. The third kappa shape index (κ3) is 5.94. The average Bonchev–Trinajstić information content (AvgIpc) is 1.61. The highest BCUT2D eigenvalue weighted by Gasteiger charge is 1.80. The summed E-state index contributed by atoms with van der Waals surface area (Å²) in [5.41, 5.74) is 0. The van der Waals surface area contributed by atoms with Crippen LogP contribution in [0.5, 0.6) is 0 Å². The summed E-state index contributed by atoms with van der Waals surface area (Å²) in [4.78, 5) is 9.93. The van der Waals surface area contributed by atoms with E-state index in [1.54, 1.807) is 4.08 Å². The zero-order valence-electron chi connectivity index (χ0n) is 3.85.